The van der Waals surface area contributed by atoms with Crippen LogP contribution in [0.1, 0.15) is 44.3 Å². The second-order valence-corrected chi connectivity index (χ2v) is 8.67. The topological polar surface area (TPSA) is 59.8 Å². The maximum Gasteiger partial charge on any atom is 0.234 e. The number of carbonyl (C=O) groups is 1. The molecule has 3 rings (SSSR count). The molecule has 27 heavy (non-hydrogen) atoms. The number of nitrogens with zero attached hydrogens (tertiary/aromatic N) is 3. The van der Waals surface area contributed by atoms with Gasteiger partial charge in [-0.1, -0.05) is 73.1 Å². The molecule has 1 aromatic heterocycles. The van der Waals surface area contributed by atoms with E-state index in [0.717, 1.165) is 23.3 Å². The van der Waals surface area contributed by atoms with Crippen molar-refractivity contribution < 1.29 is 4.79 Å². The predicted octanol–water partition coefficient (Wildman–Crippen LogP) is 5.37. The van der Waals surface area contributed by atoms with Gasteiger partial charge in [0.1, 0.15) is 5.82 Å². The van der Waals surface area contributed by atoms with E-state index < -0.39 is 0 Å². The van der Waals surface area contributed by atoms with Crippen molar-refractivity contribution in [2.45, 2.75) is 50.1 Å². The number of amides is 1. The highest BCUT2D eigenvalue weighted by Gasteiger charge is 2.17. The van der Waals surface area contributed by atoms with Crippen LogP contribution < -0.4 is 5.32 Å². The fraction of sp³-hybridized carbons (Fsp3) is 0.526. The Morgan fingerprint density at radius 2 is 2.04 bits per heavy atom. The van der Waals surface area contributed by atoms with Crippen molar-refractivity contribution in [3.05, 3.63) is 34.1 Å². The van der Waals surface area contributed by atoms with Crippen LogP contribution >= 0.6 is 35.0 Å². The van der Waals surface area contributed by atoms with Crippen LogP contribution in [0.4, 0.5) is 5.69 Å². The summed E-state index contributed by atoms with van der Waals surface area (Å²) < 4.78 is 1.99. The van der Waals surface area contributed by atoms with E-state index in [0.29, 0.717) is 15.7 Å². The largest absolute Gasteiger partial charge is 0.324 e. The van der Waals surface area contributed by atoms with E-state index in [2.05, 4.69) is 15.5 Å². The van der Waals surface area contributed by atoms with Gasteiger partial charge in [0.25, 0.3) is 0 Å². The van der Waals surface area contributed by atoms with Crippen molar-refractivity contribution in [1.29, 1.82) is 0 Å². The van der Waals surface area contributed by atoms with E-state index in [9.17, 15) is 4.79 Å². The third-order valence-corrected chi connectivity index (χ3v) is 6.82. The fourth-order valence-corrected chi connectivity index (χ4v) is 4.49. The normalized spacial score (nSPS) is 15.1. The summed E-state index contributed by atoms with van der Waals surface area (Å²) in [4.78, 5) is 12.2. The molecule has 1 fully saturated rings. The summed E-state index contributed by atoms with van der Waals surface area (Å²) in [5.74, 6) is 1.88. The van der Waals surface area contributed by atoms with Crippen LogP contribution in [-0.4, -0.2) is 26.4 Å². The van der Waals surface area contributed by atoms with Crippen LogP contribution in [0.15, 0.2) is 23.4 Å². The number of aromatic nitrogens is 3. The Kier molecular flexibility index (Phi) is 7.44. The third kappa shape index (κ3) is 5.62. The molecule has 0 spiro atoms. The summed E-state index contributed by atoms with van der Waals surface area (Å²) >= 11 is 13.4. The molecule has 0 radical (unpaired) electrons. The Morgan fingerprint density at radius 1 is 1.26 bits per heavy atom. The Bertz CT molecular complexity index is 790. The van der Waals surface area contributed by atoms with Gasteiger partial charge in [-0.25, -0.2) is 0 Å². The van der Waals surface area contributed by atoms with Gasteiger partial charge in [-0.05, 0) is 24.5 Å². The zero-order valence-corrected chi connectivity index (χ0v) is 17.7. The summed E-state index contributed by atoms with van der Waals surface area (Å²) in [6, 6.07) is 5.16. The summed E-state index contributed by atoms with van der Waals surface area (Å²) in [7, 11) is 1.96. The zero-order valence-electron chi connectivity index (χ0n) is 15.4. The summed E-state index contributed by atoms with van der Waals surface area (Å²) in [5.41, 5.74) is 0.515. The lowest BCUT2D eigenvalue weighted by Crippen LogP contribution is -2.15. The number of hydrogen-bond donors (Lipinski definition) is 1. The Morgan fingerprint density at radius 3 is 2.81 bits per heavy atom. The maximum absolute atomic E-state index is 12.2. The van der Waals surface area contributed by atoms with Crippen molar-refractivity contribution in [1.82, 2.24) is 14.8 Å². The van der Waals surface area contributed by atoms with Gasteiger partial charge in [0, 0.05) is 13.5 Å². The average Bonchev–Trinajstić information content (AvgIpc) is 3.03. The van der Waals surface area contributed by atoms with Gasteiger partial charge < -0.3 is 9.88 Å². The van der Waals surface area contributed by atoms with E-state index in [-0.39, 0.29) is 11.7 Å². The second-order valence-electron chi connectivity index (χ2n) is 6.94. The van der Waals surface area contributed by atoms with E-state index in [4.69, 9.17) is 23.2 Å². The van der Waals surface area contributed by atoms with Gasteiger partial charge >= 0.3 is 0 Å². The molecule has 1 amide bonds. The number of rotatable bonds is 7. The van der Waals surface area contributed by atoms with Crippen molar-refractivity contribution in [3.63, 3.8) is 0 Å². The van der Waals surface area contributed by atoms with Gasteiger partial charge in [-0.2, -0.15) is 0 Å². The van der Waals surface area contributed by atoms with Crippen molar-refractivity contribution in [2.75, 3.05) is 11.1 Å². The third-order valence-electron chi connectivity index (χ3n) is 4.98. The van der Waals surface area contributed by atoms with Crippen LogP contribution in [0.2, 0.25) is 10.0 Å². The molecule has 146 valence electrons. The molecule has 1 N–H and O–H groups in total. The highest BCUT2D eigenvalue weighted by molar-refractivity contribution is 7.99. The number of thioether (sulfide) groups is 1. The number of halogens is 2. The molecule has 0 saturated heterocycles. The molecule has 1 aliphatic rings. The quantitative estimate of drug-likeness (QED) is 0.604. The fourth-order valence-electron chi connectivity index (χ4n) is 3.41. The van der Waals surface area contributed by atoms with Crippen molar-refractivity contribution in [3.8, 4) is 0 Å². The molecule has 0 aliphatic heterocycles. The van der Waals surface area contributed by atoms with Crippen LogP contribution in [-0.2, 0) is 18.3 Å². The average molecular weight is 427 g/mol. The number of carbonyl (C=O) groups excluding carboxylic acids is 1. The molecule has 8 heteroatoms. The standard InChI is InChI=1S/C19H24Cl2N4OS/c1-25-16(11-10-13-6-3-2-4-7-13)23-24-19(25)27-12-17(26)22-15-9-5-8-14(20)18(15)21/h5,8-9,13H,2-4,6-7,10-12H2,1H3,(H,22,26). The number of nitrogens with one attached hydrogen (secondary N) is 1. The van der Waals surface area contributed by atoms with Gasteiger partial charge in [-0.15, -0.1) is 10.2 Å². The minimum atomic E-state index is -0.157. The first-order chi connectivity index (χ1) is 13.0. The summed E-state index contributed by atoms with van der Waals surface area (Å²) in [6.45, 7) is 0. The Balaban J connectivity index is 1.50. The number of aryl methyl sites for hydroxylation is 1. The zero-order chi connectivity index (χ0) is 19.2. The molecule has 1 saturated carbocycles. The van der Waals surface area contributed by atoms with Crippen LogP contribution in [0.25, 0.3) is 0 Å². The molecule has 2 aromatic rings. The van der Waals surface area contributed by atoms with E-state index in [1.165, 1.54) is 50.3 Å². The highest BCUT2D eigenvalue weighted by atomic mass is 35.5. The number of hydrogen-bond acceptors (Lipinski definition) is 4. The van der Waals surface area contributed by atoms with E-state index >= 15 is 0 Å². The minimum absolute atomic E-state index is 0.157. The van der Waals surface area contributed by atoms with Gasteiger partial charge in [0.2, 0.25) is 5.91 Å². The van der Waals surface area contributed by atoms with Gasteiger partial charge in [0.15, 0.2) is 5.16 Å². The van der Waals surface area contributed by atoms with E-state index in [1.807, 2.05) is 11.6 Å². The SMILES string of the molecule is Cn1c(CCC2CCCCC2)nnc1SCC(=O)Nc1cccc(Cl)c1Cl. The van der Waals surface area contributed by atoms with Gasteiger partial charge in [0.05, 0.1) is 21.5 Å². The predicted molar refractivity (Wildman–Crippen MR) is 112 cm³/mol. The highest BCUT2D eigenvalue weighted by Crippen LogP contribution is 2.30. The number of anilines is 1. The first-order valence-corrected chi connectivity index (χ1v) is 11.0. The molecule has 1 heterocycles. The molecule has 0 atom stereocenters. The lowest BCUT2D eigenvalue weighted by atomic mass is 9.86. The molecule has 5 nitrogen and oxygen atoms in total. The number of benzene rings is 1. The van der Waals surface area contributed by atoms with Gasteiger partial charge in [-0.3, -0.25) is 4.79 Å². The van der Waals surface area contributed by atoms with Crippen molar-refractivity contribution in [2.24, 2.45) is 13.0 Å². The maximum atomic E-state index is 12.2. The Hall–Kier alpha value is -1.24. The summed E-state index contributed by atoms with van der Waals surface area (Å²) in [5, 5.41) is 12.8. The van der Waals surface area contributed by atoms with Crippen LogP contribution in [0.3, 0.4) is 0 Å². The lowest BCUT2D eigenvalue weighted by molar-refractivity contribution is -0.113. The molecule has 1 aromatic carbocycles. The molecule has 0 bridgehead atoms. The first-order valence-electron chi connectivity index (χ1n) is 9.29. The molecule has 1 aliphatic carbocycles. The second kappa shape index (κ2) is 9.80. The van der Waals surface area contributed by atoms with Crippen molar-refractivity contribution >= 4 is 46.6 Å². The van der Waals surface area contributed by atoms with E-state index in [1.54, 1.807) is 18.2 Å². The minimum Gasteiger partial charge on any atom is -0.324 e. The van der Waals surface area contributed by atoms with Crippen LogP contribution in [0.5, 0.6) is 0 Å². The Labute approximate surface area is 174 Å². The molecule has 0 unspecified atom stereocenters. The monoisotopic (exact) mass is 426 g/mol. The first kappa shape index (κ1) is 20.5. The van der Waals surface area contributed by atoms with Crippen LogP contribution in [0, 0.1) is 5.92 Å². The molecular weight excluding hydrogens is 403 g/mol. The molecular formula is C19H24Cl2N4OS. The smallest absolute Gasteiger partial charge is 0.234 e. The lowest BCUT2D eigenvalue weighted by Gasteiger charge is -2.20. The summed E-state index contributed by atoms with van der Waals surface area (Å²) in [6.07, 6.45) is 8.89.